The van der Waals surface area contributed by atoms with E-state index in [1.165, 1.54) is 15.6 Å². The summed E-state index contributed by atoms with van der Waals surface area (Å²) in [5.74, 6) is 0.398. The van der Waals surface area contributed by atoms with Gasteiger partial charge in [0.1, 0.15) is 10.9 Å². The highest BCUT2D eigenvalue weighted by molar-refractivity contribution is 9.10. The lowest BCUT2D eigenvalue weighted by Gasteiger charge is -2.03. The number of fused-ring (bicyclic) bond motifs is 1. The molecule has 0 bridgehead atoms. The molecular weight excluding hydrogens is 270 g/mol. The van der Waals surface area contributed by atoms with E-state index in [2.05, 4.69) is 48.0 Å². The first-order valence-electron chi connectivity index (χ1n) is 4.75. The fourth-order valence-electron chi connectivity index (χ4n) is 1.75. The van der Waals surface area contributed by atoms with E-state index in [9.17, 15) is 0 Å². The highest BCUT2D eigenvalue weighted by Gasteiger charge is 2.14. The van der Waals surface area contributed by atoms with Crippen LogP contribution in [0, 0.1) is 11.3 Å². The van der Waals surface area contributed by atoms with Crippen LogP contribution < -0.4 is 0 Å². The fourth-order valence-corrected chi connectivity index (χ4v) is 3.45. The second-order valence-corrected chi connectivity index (χ2v) is 5.72. The highest BCUT2D eigenvalue weighted by atomic mass is 79.9. The summed E-state index contributed by atoms with van der Waals surface area (Å²) in [6.45, 7) is 4.26. The number of nitrogens with zero attached hydrogens (tertiary/aromatic N) is 1. The monoisotopic (exact) mass is 279 g/mol. The number of hydrogen-bond acceptors (Lipinski definition) is 2. The molecule has 0 aliphatic carbocycles. The third-order valence-electron chi connectivity index (χ3n) is 2.37. The zero-order valence-corrected chi connectivity index (χ0v) is 10.9. The molecule has 1 heterocycles. The van der Waals surface area contributed by atoms with Crippen LogP contribution in [0.1, 0.15) is 30.2 Å². The lowest BCUT2D eigenvalue weighted by Crippen LogP contribution is -1.87. The molecule has 0 fully saturated rings. The highest BCUT2D eigenvalue weighted by Crippen LogP contribution is 2.36. The maximum atomic E-state index is 9.09. The van der Waals surface area contributed by atoms with Gasteiger partial charge < -0.3 is 0 Å². The van der Waals surface area contributed by atoms with Gasteiger partial charge in [-0.1, -0.05) is 35.8 Å². The molecule has 2 rings (SSSR count). The summed E-state index contributed by atoms with van der Waals surface area (Å²) >= 11 is 5.02. The molecule has 0 atom stereocenters. The van der Waals surface area contributed by atoms with Gasteiger partial charge in [-0.3, -0.25) is 0 Å². The molecular formula is C12H10BrNS. The molecule has 0 saturated heterocycles. The van der Waals surface area contributed by atoms with E-state index in [1.807, 2.05) is 6.07 Å². The first-order chi connectivity index (χ1) is 7.13. The van der Waals surface area contributed by atoms with Crippen LogP contribution in [0.25, 0.3) is 10.1 Å². The van der Waals surface area contributed by atoms with Gasteiger partial charge in [-0.2, -0.15) is 5.26 Å². The first-order valence-corrected chi connectivity index (χ1v) is 6.36. The van der Waals surface area contributed by atoms with Gasteiger partial charge >= 0.3 is 0 Å². The second-order valence-electron chi connectivity index (χ2n) is 3.75. The SMILES string of the molecule is CC(C)c1c(C#N)sc2cc(Br)ccc12. The van der Waals surface area contributed by atoms with Crippen LogP contribution in [-0.4, -0.2) is 0 Å². The van der Waals surface area contributed by atoms with Crippen LogP contribution in [0.15, 0.2) is 22.7 Å². The molecule has 3 heteroatoms. The van der Waals surface area contributed by atoms with Crippen molar-refractivity contribution in [1.82, 2.24) is 0 Å². The fraction of sp³-hybridized carbons (Fsp3) is 0.250. The Bertz CT molecular complexity index is 548. The first kappa shape index (κ1) is 10.7. The molecule has 2 aromatic rings. The number of rotatable bonds is 1. The normalized spacial score (nSPS) is 10.9. The Balaban J connectivity index is 2.82. The Morgan fingerprint density at radius 1 is 1.40 bits per heavy atom. The molecule has 76 valence electrons. The van der Waals surface area contributed by atoms with E-state index in [-0.39, 0.29) is 0 Å². The minimum Gasteiger partial charge on any atom is -0.192 e. The summed E-state index contributed by atoms with van der Waals surface area (Å²) in [6.07, 6.45) is 0. The largest absolute Gasteiger partial charge is 0.192 e. The Hall–Kier alpha value is -0.850. The number of hydrogen-bond donors (Lipinski definition) is 0. The topological polar surface area (TPSA) is 23.8 Å². The van der Waals surface area contributed by atoms with E-state index in [4.69, 9.17) is 5.26 Å². The zero-order valence-electron chi connectivity index (χ0n) is 8.54. The molecule has 0 spiro atoms. The van der Waals surface area contributed by atoms with E-state index in [0.29, 0.717) is 5.92 Å². The molecule has 0 unspecified atom stereocenters. The van der Waals surface area contributed by atoms with Crippen LogP contribution in [0.3, 0.4) is 0 Å². The minimum atomic E-state index is 0.398. The quantitative estimate of drug-likeness (QED) is 0.745. The summed E-state index contributed by atoms with van der Waals surface area (Å²) in [5.41, 5.74) is 1.19. The number of halogens is 1. The molecule has 15 heavy (non-hydrogen) atoms. The predicted octanol–water partition coefficient (Wildman–Crippen LogP) is 4.66. The van der Waals surface area contributed by atoms with Crippen molar-refractivity contribution >= 4 is 37.4 Å². The minimum absolute atomic E-state index is 0.398. The van der Waals surface area contributed by atoms with Crippen molar-refractivity contribution < 1.29 is 0 Å². The third-order valence-corrected chi connectivity index (χ3v) is 3.94. The Labute approximate surface area is 101 Å². The van der Waals surface area contributed by atoms with Crippen molar-refractivity contribution in [3.8, 4) is 6.07 Å². The molecule has 1 nitrogen and oxygen atoms in total. The van der Waals surface area contributed by atoms with Crippen LogP contribution in [0.2, 0.25) is 0 Å². The van der Waals surface area contributed by atoms with E-state index < -0.39 is 0 Å². The van der Waals surface area contributed by atoms with Gasteiger partial charge in [0, 0.05) is 9.17 Å². The van der Waals surface area contributed by atoms with Gasteiger partial charge in [0.2, 0.25) is 0 Å². The van der Waals surface area contributed by atoms with Crippen LogP contribution in [0.4, 0.5) is 0 Å². The van der Waals surface area contributed by atoms with E-state index >= 15 is 0 Å². The van der Waals surface area contributed by atoms with Gasteiger partial charge in [0.05, 0.1) is 0 Å². The van der Waals surface area contributed by atoms with Crippen molar-refractivity contribution in [3.05, 3.63) is 33.1 Å². The summed E-state index contributed by atoms with van der Waals surface area (Å²) in [5, 5.41) is 10.3. The number of thiophene rings is 1. The van der Waals surface area contributed by atoms with Crippen molar-refractivity contribution in [3.63, 3.8) is 0 Å². The summed E-state index contributed by atoms with van der Waals surface area (Å²) < 4.78 is 2.25. The van der Waals surface area contributed by atoms with Crippen LogP contribution in [-0.2, 0) is 0 Å². The standard InChI is InChI=1S/C12H10BrNS/c1-7(2)12-9-4-3-8(13)5-10(9)15-11(12)6-14/h3-5,7H,1-2H3. The van der Waals surface area contributed by atoms with E-state index in [1.54, 1.807) is 11.3 Å². The lowest BCUT2D eigenvalue weighted by molar-refractivity contribution is 0.877. The van der Waals surface area contributed by atoms with E-state index in [0.717, 1.165) is 9.35 Å². The second kappa shape index (κ2) is 3.96. The van der Waals surface area contributed by atoms with Gasteiger partial charge in [-0.15, -0.1) is 11.3 Å². The third kappa shape index (κ3) is 1.80. The summed E-state index contributed by atoms with van der Waals surface area (Å²) in [7, 11) is 0. The Kier molecular flexibility index (Phi) is 2.81. The molecule has 1 aromatic heterocycles. The molecule has 1 aromatic carbocycles. The zero-order chi connectivity index (χ0) is 11.0. The predicted molar refractivity (Wildman–Crippen MR) is 68.3 cm³/mol. The average molecular weight is 280 g/mol. The van der Waals surface area contributed by atoms with Gasteiger partial charge in [-0.25, -0.2) is 0 Å². The maximum Gasteiger partial charge on any atom is 0.110 e. The molecule has 0 radical (unpaired) electrons. The number of nitriles is 1. The van der Waals surface area contributed by atoms with Crippen molar-refractivity contribution in [2.75, 3.05) is 0 Å². The van der Waals surface area contributed by atoms with Crippen LogP contribution in [0.5, 0.6) is 0 Å². The van der Waals surface area contributed by atoms with Crippen molar-refractivity contribution in [2.24, 2.45) is 0 Å². The van der Waals surface area contributed by atoms with Gasteiger partial charge in [0.25, 0.3) is 0 Å². The Morgan fingerprint density at radius 3 is 2.73 bits per heavy atom. The van der Waals surface area contributed by atoms with Crippen molar-refractivity contribution in [1.29, 1.82) is 5.26 Å². The molecule has 0 aliphatic heterocycles. The van der Waals surface area contributed by atoms with Crippen LogP contribution >= 0.6 is 27.3 Å². The maximum absolute atomic E-state index is 9.09. The summed E-state index contributed by atoms with van der Waals surface area (Å²) in [6, 6.07) is 8.48. The molecule has 0 aliphatic rings. The summed E-state index contributed by atoms with van der Waals surface area (Å²) in [4.78, 5) is 0.845. The Morgan fingerprint density at radius 2 is 2.13 bits per heavy atom. The molecule has 0 N–H and O–H groups in total. The average Bonchev–Trinajstić information content (AvgIpc) is 2.54. The van der Waals surface area contributed by atoms with Crippen molar-refractivity contribution in [2.45, 2.75) is 19.8 Å². The molecule has 0 amide bonds. The van der Waals surface area contributed by atoms with Gasteiger partial charge in [0.15, 0.2) is 0 Å². The molecule has 0 saturated carbocycles. The smallest absolute Gasteiger partial charge is 0.110 e. The van der Waals surface area contributed by atoms with Gasteiger partial charge in [-0.05, 0) is 29.0 Å². The number of benzene rings is 1. The lowest BCUT2D eigenvalue weighted by atomic mass is 10.00.